The molecule has 7 nitrogen and oxygen atoms in total. The first-order valence-corrected chi connectivity index (χ1v) is 13.0. The van der Waals surface area contributed by atoms with Gasteiger partial charge in [-0.2, -0.15) is 0 Å². The standard InChI is InChI=1S/C22H28N2O5S2/c25-22-24(26)20-9-4-8-19(21(20)30-22)10-12-23-13-17-31(27,28)16-5-14-29-15-11-18-6-2-1-3-7-18/h1-4,6-9,23,26H,5,10-17H2. The predicted octanol–water partition coefficient (Wildman–Crippen LogP) is 2.50. The molecule has 2 aromatic carbocycles. The van der Waals surface area contributed by atoms with E-state index in [9.17, 15) is 18.4 Å². The summed E-state index contributed by atoms with van der Waals surface area (Å²) in [7, 11) is -3.12. The molecule has 1 aromatic heterocycles. The highest BCUT2D eigenvalue weighted by molar-refractivity contribution is 7.91. The van der Waals surface area contributed by atoms with Gasteiger partial charge in [-0.25, -0.2) is 8.42 Å². The zero-order valence-corrected chi connectivity index (χ0v) is 19.0. The Morgan fingerprint density at radius 2 is 1.77 bits per heavy atom. The second-order valence-corrected chi connectivity index (χ2v) is 10.6. The Morgan fingerprint density at radius 3 is 2.58 bits per heavy atom. The number of thiazole rings is 1. The molecule has 0 aliphatic rings. The van der Waals surface area contributed by atoms with Crippen molar-refractivity contribution in [3.8, 4) is 0 Å². The molecule has 0 radical (unpaired) electrons. The third kappa shape index (κ3) is 7.17. The number of rotatable bonds is 13. The van der Waals surface area contributed by atoms with E-state index in [1.54, 1.807) is 12.1 Å². The molecule has 0 saturated heterocycles. The van der Waals surface area contributed by atoms with Gasteiger partial charge in [0, 0.05) is 13.2 Å². The van der Waals surface area contributed by atoms with Crippen LogP contribution in [0.5, 0.6) is 0 Å². The van der Waals surface area contributed by atoms with Crippen LogP contribution >= 0.6 is 11.3 Å². The minimum Gasteiger partial charge on any atom is -0.424 e. The second-order valence-electron chi connectivity index (χ2n) is 7.30. The van der Waals surface area contributed by atoms with Gasteiger partial charge in [0.15, 0.2) is 9.84 Å². The Morgan fingerprint density at radius 1 is 0.968 bits per heavy atom. The number of hydrogen-bond acceptors (Lipinski definition) is 7. The van der Waals surface area contributed by atoms with Crippen LogP contribution in [0.3, 0.4) is 0 Å². The summed E-state index contributed by atoms with van der Waals surface area (Å²) in [6.45, 7) is 2.00. The van der Waals surface area contributed by atoms with E-state index < -0.39 is 14.7 Å². The highest BCUT2D eigenvalue weighted by Crippen LogP contribution is 2.21. The Labute approximate surface area is 186 Å². The van der Waals surface area contributed by atoms with Gasteiger partial charge in [0.25, 0.3) is 0 Å². The SMILES string of the molecule is O=c1sc2c(CCNCCS(=O)(=O)CCCOCCc3ccccc3)cccc2n1O. The van der Waals surface area contributed by atoms with E-state index in [1.165, 1.54) is 5.56 Å². The van der Waals surface area contributed by atoms with Gasteiger partial charge in [0.2, 0.25) is 0 Å². The van der Waals surface area contributed by atoms with E-state index in [4.69, 9.17) is 4.74 Å². The number of fused-ring (bicyclic) bond motifs is 1. The lowest BCUT2D eigenvalue weighted by Gasteiger charge is -2.08. The molecule has 0 amide bonds. The molecule has 0 aliphatic heterocycles. The van der Waals surface area contributed by atoms with Crippen molar-refractivity contribution in [2.75, 3.05) is 37.8 Å². The molecule has 0 fully saturated rings. The van der Waals surface area contributed by atoms with E-state index in [2.05, 4.69) is 5.32 Å². The fraction of sp³-hybridized carbons (Fsp3) is 0.409. The quantitative estimate of drug-likeness (QED) is 0.298. The summed E-state index contributed by atoms with van der Waals surface area (Å²) in [6, 6.07) is 15.5. The number of nitrogens with zero attached hydrogens (tertiary/aromatic N) is 1. The number of benzene rings is 2. The van der Waals surface area contributed by atoms with E-state index in [-0.39, 0.29) is 11.5 Å². The maximum atomic E-state index is 12.2. The summed E-state index contributed by atoms with van der Waals surface area (Å²) < 4.78 is 31.3. The van der Waals surface area contributed by atoms with Crippen LogP contribution in [-0.2, 0) is 27.4 Å². The Bertz CT molecular complexity index is 1120. The summed E-state index contributed by atoms with van der Waals surface area (Å²) in [5, 5.41) is 12.9. The maximum Gasteiger partial charge on any atom is 0.340 e. The largest absolute Gasteiger partial charge is 0.424 e. The first kappa shape index (κ1) is 23.5. The molecule has 3 rings (SSSR count). The van der Waals surface area contributed by atoms with Crippen LogP contribution in [0.4, 0.5) is 0 Å². The van der Waals surface area contributed by atoms with Crippen LogP contribution in [0.1, 0.15) is 17.5 Å². The number of hydrogen-bond donors (Lipinski definition) is 2. The van der Waals surface area contributed by atoms with Gasteiger partial charge in [0.05, 0.1) is 22.8 Å². The van der Waals surface area contributed by atoms with Crippen molar-refractivity contribution in [3.05, 3.63) is 69.3 Å². The summed E-state index contributed by atoms with van der Waals surface area (Å²) in [6.07, 6.45) is 1.97. The van der Waals surface area contributed by atoms with E-state index in [1.807, 2.05) is 36.4 Å². The highest BCUT2D eigenvalue weighted by atomic mass is 32.2. The molecule has 2 N–H and O–H groups in total. The monoisotopic (exact) mass is 464 g/mol. The normalized spacial score (nSPS) is 11.9. The van der Waals surface area contributed by atoms with Gasteiger partial charge in [0.1, 0.15) is 5.52 Å². The number of sulfone groups is 1. The first-order chi connectivity index (χ1) is 15.0. The maximum absolute atomic E-state index is 12.2. The third-order valence-electron chi connectivity index (χ3n) is 4.95. The van der Waals surface area contributed by atoms with Crippen molar-refractivity contribution in [2.24, 2.45) is 0 Å². The average molecular weight is 465 g/mol. The molecule has 0 bridgehead atoms. The van der Waals surface area contributed by atoms with Crippen LogP contribution < -0.4 is 10.2 Å². The fourth-order valence-corrected chi connectivity index (χ4v) is 5.41. The molecule has 0 spiro atoms. The van der Waals surface area contributed by atoms with Gasteiger partial charge in [-0.1, -0.05) is 53.8 Å². The van der Waals surface area contributed by atoms with Crippen LogP contribution in [0, 0.1) is 0 Å². The van der Waals surface area contributed by atoms with Gasteiger partial charge in [-0.15, -0.1) is 4.73 Å². The number of aromatic nitrogens is 1. The molecular formula is C22H28N2O5S2. The summed E-state index contributed by atoms with van der Waals surface area (Å²) in [5.41, 5.74) is 2.66. The summed E-state index contributed by atoms with van der Waals surface area (Å²) >= 11 is 1.01. The molecule has 168 valence electrons. The molecular weight excluding hydrogens is 436 g/mol. The Hall–Kier alpha value is -2.20. The number of nitrogens with one attached hydrogen (secondary N) is 1. The van der Waals surface area contributed by atoms with Crippen molar-refractivity contribution >= 4 is 31.4 Å². The van der Waals surface area contributed by atoms with Crippen LogP contribution in [-0.4, -0.2) is 56.2 Å². The van der Waals surface area contributed by atoms with Gasteiger partial charge >= 0.3 is 4.87 Å². The molecule has 3 aromatic rings. The zero-order chi connectivity index (χ0) is 22.1. The minimum absolute atomic E-state index is 0.0849. The van der Waals surface area contributed by atoms with Crippen molar-refractivity contribution in [1.82, 2.24) is 10.0 Å². The molecule has 0 saturated carbocycles. The predicted molar refractivity (Wildman–Crippen MR) is 124 cm³/mol. The first-order valence-electron chi connectivity index (χ1n) is 10.3. The Kier molecular flexibility index (Phi) is 8.65. The average Bonchev–Trinajstić information content (AvgIpc) is 3.05. The molecule has 0 aliphatic carbocycles. The lowest BCUT2D eigenvalue weighted by Crippen LogP contribution is -2.26. The van der Waals surface area contributed by atoms with Gasteiger partial charge < -0.3 is 15.3 Å². The van der Waals surface area contributed by atoms with Crippen LogP contribution in [0.15, 0.2) is 53.3 Å². The lowest BCUT2D eigenvalue weighted by atomic mass is 10.1. The highest BCUT2D eigenvalue weighted by Gasteiger charge is 2.11. The van der Waals surface area contributed by atoms with Crippen LogP contribution in [0.2, 0.25) is 0 Å². The smallest absolute Gasteiger partial charge is 0.340 e. The van der Waals surface area contributed by atoms with Crippen molar-refractivity contribution in [3.63, 3.8) is 0 Å². The Balaban J connectivity index is 1.29. The third-order valence-corrected chi connectivity index (χ3v) is 7.71. The second kappa shape index (κ2) is 11.4. The molecule has 0 atom stereocenters. The van der Waals surface area contributed by atoms with Gasteiger partial charge in [-0.3, -0.25) is 4.79 Å². The molecule has 1 heterocycles. The van der Waals surface area contributed by atoms with E-state index in [0.717, 1.165) is 28.0 Å². The van der Waals surface area contributed by atoms with Crippen LogP contribution in [0.25, 0.3) is 10.2 Å². The lowest BCUT2D eigenvalue weighted by molar-refractivity contribution is 0.138. The topological polar surface area (TPSA) is 97.6 Å². The van der Waals surface area contributed by atoms with Crippen molar-refractivity contribution in [1.29, 1.82) is 0 Å². The summed E-state index contributed by atoms with van der Waals surface area (Å²) in [5.74, 6) is 0.207. The minimum atomic E-state index is -3.12. The molecule has 9 heteroatoms. The van der Waals surface area contributed by atoms with E-state index in [0.29, 0.717) is 49.4 Å². The fourth-order valence-electron chi connectivity index (χ4n) is 3.28. The van der Waals surface area contributed by atoms with Gasteiger partial charge in [-0.05, 0) is 43.0 Å². The summed E-state index contributed by atoms with van der Waals surface area (Å²) in [4.78, 5) is 11.2. The van der Waals surface area contributed by atoms with E-state index >= 15 is 0 Å². The van der Waals surface area contributed by atoms with Crippen molar-refractivity contribution < 1.29 is 18.4 Å². The molecule has 31 heavy (non-hydrogen) atoms. The number of ether oxygens (including phenoxy) is 1. The zero-order valence-electron chi connectivity index (χ0n) is 17.3. The van der Waals surface area contributed by atoms with Crippen molar-refractivity contribution in [2.45, 2.75) is 19.3 Å². The molecule has 0 unspecified atom stereocenters.